The minimum Gasteiger partial charge on any atom is -0.444 e. The normalized spacial score (nSPS) is 13.3. The van der Waals surface area contributed by atoms with Crippen LogP contribution in [0.2, 0.25) is 0 Å². The first-order chi connectivity index (χ1) is 10.5. The first kappa shape index (κ1) is 19.1. The fraction of sp³-hybridized carbons (Fsp3) is 0.533. The predicted octanol–water partition coefficient (Wildman–Crippen LogP) is 3.80. The third-order valence-corrected chi connectivity index (χ3v) is 2.52. The summed E-state index contributed by atoms with van der Waals surface area (Å²) >= 11 is 0. The van der Waals surface area contributed by atoms with Crippen molar-refractivity contribution in [2.45, 2.75) is 38.8 Å². The highest BCUT2D eigenvalue weighted by atomic mass is 19.4. The third kappa shape index (κ3) is 7.73. The number of carbonyl (C=O) groups is 1. The number of hydrogen-bond acceptors (Lipinski definition) is 4. The first-order valence-electron chi connectivity index (χ1n) is 6.84. The van der Waals surface area contributed by atoms with Gasteiger partial charge in [0.1, 0.15) is 11.4 Å². The molecule has 1 aromatic rings. The summed E-state index contributed by atoms with van der Waals surface area (Å²) in [6, 6.07) is 4.65. The van der Waals surface area contributed by atoms with E-state index in [9.17, 15) is 18.0 Å². The average molecular weight is 335 g/mol. The number of hydrogen-bond donors (Lipinski definition) is 1. The van der Waals surface area contributed by atoms with Crippen LogP contribution in [-0.4, -0.2) is 31.8 Å². The van der Waals surface area contributed by atoms with Crippen LogP contribution in [0.4, 0.5) is 18.0 Å². The molecule has 0 aliphatic heterocycles. The highest BCUT2D eigenvalue weighted by Crippen LogP contribution is 2.26. The van der Waals surface area contributed by atoms with E-state index in [1.54, 1.807) is 26.8 Å². The van der Waals surface area contributed by atoms with Gasteiger partial charge in [-0.15, -0.1) is 13.2 Å². The molecule has 0 bridgehead atoms. The van der Waals surface area contributed by atoms with Crippen LogP contribution >= 0.6 is 0 Å². The molecule has 1 amide bonds. The van der Waals surface area contributed by atoms with Gasteiger partial charge >= 0.3 is 12.5 Å². The van der Waals surface area contributed by atoms with Gasteiger partial charge < -0.3 is 19.5 Å². The maximum atomic E-state index is 12.3. The lowest BCUT2D eigenvalue weighted by Crippen LogP contribution is -2.36. The summed E-state index contributed by atoms with van der Waals surface area (Å²) < 4.78 is 50.8. The van der Waals surface area contributed by atoms with Crippen LogP contribution in [0.3, 0.4) is 0 Å². The van der Waals surface area contributed by atoms with E-state index in [0.29, 0.717) is 5.56 Å². The van der Waals surface area contributed by atoms with Gasteiger partial charge in [-0.05, 0) is 38.5 Å². The molecule has 8 heteroatoms. The number of carbonyl (C=O) groups excluding carboxylic acids is 1. The Morgan fingerprint density at radius 1 is 1.26 bits per heavy atom. The molecule has 23 heavy (non-hydrogen) atoms. The van der Waals surface area contributed by atoms with Gasteiger partial charge in [0.05, 0.1) is 12.6 Å². The summed E-state index contributed by atoms with van der Waals surface area (Å²) in [7, 11) is 1.42. The highest BCUT2D eigenvalue weighted by Gasteiger charge is 2.31. The van der Waals surface area contributed by atoms with Crippen molar-refractivity contribution in [1.29, 1.82) is 0 Å². The number of rotatable bonds is 5. The Morgan fingerprint density at radius 3 is 2.43 bits per heavy atom. The van der Waals surface area contributed by atoms with Crippen LogP contribution in [0.5, 0.6) is 5.75 Å². The van der Waals surface area contributed by atoms with Crippen molar-refractivity contribution in [3.63, 3.8) is 0 Å². The second-order valence-corrected chi connectivity index (χ2v) is 5.77. The van der Waals surface area contributed by atoms with Crippen LogP contribution in [0.1, 0.15) is 32.4 Å². The first-order valence-corrected chi connectivity index (χ1v) is 6.84. The van der Waals surface area contributed by atoms with Gasteiger partial charge in [-0.3, -0.25) is 0 Å². The Hall–Kier alpha value is -1.96. The lowest BCUT2D eigenvalue weighted by molar-refractivity contribution is -0.274. The van der Waals surface area contributed by atoms with E-state index in [2.05, 4.69) is 10.1 Å². The smallest absolute Gasteiger partial charge is 0.444 e. The molecular formula is C15H20F3NO4. The SMILES string of the molecule is COCC(NC(=O)OC(C)(C)C)c1cccc(OC(F)(F)F)c1. The summed E-state index contributed by atoms with van der Waals surface area (Å²) in [5.74, 6) is -0.373. The van der Waals surface area contributed by atoms with Crippen LogP contribution < -0.4 is 10.1 Å². The Balaban J connectivity index is 2.88. The molecule has 1 unspecified atom stereocenters. The van der Waals surface area contributed by atoms with Gasteiger partial charge in [0.2, 0.25) is 0 Å². The molecule has 0 aliphatic rings. The van der Waals surface area contributed by atoms with E-state index in [4.69, 9.17) is 9.47 Å². The second kappa shape index (κ2) is 7.54. The number of ether oxygens (including phenoxy) is 3. The number of methoxy groups -OCH3 is 1. The Morgan fingerprint density at radius 2 is 1.91 bits per heavy atom. The molecule has 0 aliphatic carbocycles. The van der Waals surface area contributed by atoms with E-state index >= 15 is 0 Å². The molecule has 0 heterocycles. The molecular weight excluding hydrogens is 315 g/mol. The Labute approximate surface area is 132 Å². The number of nitrogens with one attached hydrogen (secondary N) is 1. The monoisotopic (exact) mass is 335 g/mol. The van der Waals surface area contributed by atoms with Gasteiger partial charge in [0.15, 0.2) is 0 Å². The standard InChI is InChI=1S/C15H20F3NO4/c1-14(2,3)23-13(20)19-12(9-21-4)10-6-5-7-11(8-10)22-15(16,17)18/h5-8,12H,9H2,1-4H3,(H,19,20). The van der Waals surface area contributed by atoms with Gasteiger partial charge in [-0.25, -0.2) is 4.79 Å². The molecule has 0 saturated carbocycles. The Bertz CT molecular complexity index is 526. The quantitative estimate of drug-likeness (QED) is 0.889. The molecule has 1 N–H and O–H groups in total. The lowest BCUT2D eigenvalue weighted by atomic mass is 10.1. The highest BCUT2D eigenvalue weighted by molar-refractivity contribution is 5.68. The molecule has 0 fully saturated rings. The molecule has 0 spiro atoms. The molecule has 0 saturated heterocycles. The summed E-state index contributed by atoms with van der Waals surface area (Å²) in [6.45, 7) is 5.18. The number of alkyl halides is 3. The van der Waals surface area contributed by atoms with Gasteiger partial charge in [-0.1, -0.05) is 12.1 Å². The van der Waals surface area contributed by atoms with Crippen molar-refractivity contribution in [1.82, 2.24) is 5.32 Å². The van der Waals surface area contributed by atoms with Crippen LogP contribution in [0, 0.1) is 0 Å². The molecule has 130 valence electrons. The second-order valence-electron chi connectivity index (χ2n) is 5.77. The largest absolute Gasteiger partial charge is 0.573 e. The van der Waals surface area contributed by atoms with Crippen molar-refractivity contribution in [3.05, 3.63) is 29.8 Å². The van der Waals surface area contributed by atoms with Crippen molar-refractivity contribution in [2.75, 3.05) is 13.7 Å². The topological polar surface area (TPSA) is 56.8 Å². The fourth-order valence-electron chi connectivity index (χ4n) is 1.77. The molecule has 0 aromatic heterocycles. The van der Waals surface area contributed by atoms with Crippen LogP contribution in [-0.2, 0) is 9.47 Å². The minimum absolute atomic E-state index is 0.0642. The van der Waals surface area contributed by atoms with Crippen molar-refractivity contribution in [3.8, 4) is 5.75 Å². The van der Waals surface area contributed by atoms with Gasteiger partial charge in [0, 0.05) is 7.11 Å². The maximum Gasteiger partial charge on any atom is 0.573 e. The number of alkyl carbamates (subject to hydrolysis) is 1. The number of halogens is 3. The summed E-state index contributed by atoms with van der Waals surface area (Å²) in [4.78, 5) is 11.8. The molecule has 1 rings (SSSR count). The van der Waals surface area contributed by atoms with Crippen molar-refractivity contribution >= 4 is 6.09 Å². The number of amides is 1. The third-order valence-electron chi connectivity index (χ3n) is 2.52. The average Bonchev–Trinajstić information content (AvgIpc) is 2.34. The van der Waals surface area contributed by atoms with Crippen LogP contribution in [0.15, 0.2) is 24.3 Å². The van der Waals surface area contributed by atoms with Crippen molar-refractivity contribution in [2.24, 2.45) is 0 Å². The lowest BCUT2D eigenvalue weighted by Gasteiger charge is -2.24. The summed E-state index contributed by atoms with van der Waals surface area (Å²) in [5.41, 5.74) is -0.289. The zero-order valence-corrected chi connectivity index (χ0v) is 13.4. The fourth-order valence-corrected chi connectivity index (χ4v) is 1.77. The zero-order valence-electron chi connectivity index (χ0n) is 13.4. The van der Waals surface area contributed by atoms with E-state index in [0.717, 1.165) is 0 Å². The Kier molecular flexibility index (Phi) is 6.26. The summed E-state index contributed by atoms with van der Waals surface area (Å²) in [5, 5.41) is 2.56. The van der Waals surface area contributed by atoms with Crippen molar-refractivity contribution < 1.29 is 32.2 Å². The van der Waals surface area contributed by atoms with Gasteiger partial charge in [0.25, 0.3) is 0 Å². The van der Waals surface area contributed by atoms with E-state index in [-0.39, 0.29) is 12.4 Å². The molecule has 0 radical (unpaired) electrons. The summed E-state index contributed by atoms with van der Waals surface area (Å²) in [6.07, 6.45) is -5.48. The van der Waals surface area contributed by atoms with E-state index < -0.39 is 24.1 Å². The van der Waals surface area contributed by atoms with E-state index in [1.165, 1.54) is 25.3 Å². The minimum atomic E-state index is -4.78. The number of benzene rings is 1. The molecule has 5 nitrogen and oxygen atoms in total. The molecule has 1 atom stereocenters. The maximum absolute atomic E-state index is 12.3. The van der Waals surface area contributed by atoms with E-state index in [1.807, 2.05) is 0 Å². The predicted molar refractivity (Wildman–Crippen MR) is 77.1 cm³/mol. The van der Waals surface area contributed by atoms with Crippen LogP contribution in [0.25, 0.3) is 0 Å². The zero-order chi connectivity index (χ0) is 17.7. The molecule has 1 aromatic carbocycles. The van der Waals surface area contributed by atoms with Gasteiger partial charge in [-0.2, -0.15) is 0 Å².